The van der Waals surface area contributed by atoms with E-state index >= 15 is 0 Å². The van der Waals surface area contributed by atoms with Gasteiger partial charge in [-0.25, -0.2) is 4.39 Å². The summed E-state index contributed by atoms with van der Waals surface area (Å²) in [6, 6.07) is 4.26. The van der Waals surface area contributed by atoms with Crippen molar-refractivity contribution >= 4 is 0 Å². The predicted molar refractivity (Wildman–Crippen MR) is 62.4 cm³/mol. The van der Waals surface area contributed by atoms with Gasteiger partial charge in [-0.3, -0.25) is 0 Å². The molecule has 0 saturated carbocycles. The van der Waals surface area contributed by atoms with Crippen molar-refractivity contribution in [1.82, 2.24) is 5.32 Å². The Balaban J connectivity index is 2.17. The lowest BCUT2D eigenvalue weighted by Gasteiger charge is -2.12. The van der Waals surface area contributed by atoms with Gasteiger partial charge in [-0.1, -0.05) is 6.07 Å². The van der Waals surface area contributed by atoms with Crippen LogP contribution in [0.5, 0.6) is 5.75 Å². The van der Waals surface area contributed by atoms with Crippen molar-refractivity contribution in [1.29, 1.82) is 0 Å². The van der Waals surface area contributed by atoms with Crippen LogP contribution in [0.15, 0.2) is 12.1 Å². The zero-order chi connectivity index (χ0) is 11.5. The van der Waals surface area contributed by atoms with Crippen molar-refractivity contribution in [2.75, 3.05) is 13.7 Å². The smallest absolute Gasteiger partial charge is 0.167 e. The van der Waals surface area contributed by atoms with Crippen LogP contribution in [0.25, 0.3) is 0 Å². The van der Waals surface area contributed by atoms with Crippen molar-refractivity contribution < 1.29 is 9.13 Å². The monoisotopic (exact) mass is 223 g/mol. The Labute approximate surface area is 95.8 Å². The average molecular weight is 223 g/mol. The van der Waals surface area contributed by atoms with Gasteiger partial charge < -0.3 is 10.1 Å². The van der Waals surface area contributed by atoms with Crippen molar-refractivity contribution in [3.8, 4) is 5.75 Å². The standard InChI is InChI=1S/C13H18FNO/c1-9-6-10(7-11-4-3-5-15-11)8-12(16-2)13(9)14/h6,8,11,15H,3-5,7H2,1-2H3. The fourth-order valence-electron chi connectivity index (χ4n) is 2.29. The van der Waals surface area contributed by atoms with Crippen molar-refractivity contribution in [3.63, 3.8) is 0 Å². The van der Waals surface area contributed by atoms with Crippen molar-refractivity contribution in [2.24, 2.45) is 0 Å². The van der Waals surface area contributed by atoms with Gasteiger partial charge in [0, 0.05) is 6.04 Å². The van der Waals surface area contributed by atoms with Gasteiger partial charge in [-0.2, -0.15) is 0 Å². The molecule has 0 spiro atoms. The molecule has 0 aliphatic carbocycles. The molecule has 0 radical (unpaired) electrons. The summed E-state index contributed by atoms with van der Waals surface area (Å²) < 4.78 is 18.6. The second-order valence-corrected chi connectivity index (χ2v) is 4.43. The molecular formula is C13H18FNO. The molecule has 2 nitrogen and oxygen atoms in total. The number of aryl methyl sites for hydroxylation is 1. The Hall–Kier alpha value is -1.09. The summed E-state index contributed by atoms with van der Waals surface area (Å²) in [6.45, 7) is 2.88. The average Bonchev–Trinajstić information content (AvgIpc) is 2.76. The lowest BCUT2D eigenvalue weighted by molar-refractivity contribution is 0.384. The molecular weight excluding hydrogens is 205 g/mol. The van der Waals surface area contributed by atoms with Crippen LogP contribution < -0.4 is 10.1 Å². The largest absolute Gasteiger partial charge is 0.494 e. The van der Waals surface area contributed by atoms with Gasteiger partial charge in [-0.05, 0) is 49.9 Å². The van der Waals surface area contributed by atoms with Crippen LogP contribution in [0.1, 0.15) is 24.0 Å². The third-order valence-corrected chi connectivity index (χ3v) is 3.15. The molecule has 1 N–H and O–H groups in total. The molecule has 1 heterocycles. The summed E-state index contributed by atoms with van der Waals surface area (Å²) >= 11 is 0. The molecule has 88 valence electrons. The van der Waals surface area contributed by atoms with Crippen LogP contribution in [-0.2, 0) is 6.42 Å². The predicted octanol–water partition coefficient (Wildman–Crippen LogP) is 2.44. The first-order chi connectivity index (χ1) is 7.70. The Morgan fingerprint density at radius 3 is 2.94 bits per heavy atom. The number of methoxy groups -OCH3 is 1. The maximum atomic E-state index is 13.6. The maximum absolute atomic E-state index is 13.6. The number of hydrogen-bond donors (Lipinski definition) is 1. The highest BCUT2D eigenvalue weighted by molar-refractivity contribution is 5.36. The van der Waals surface area contributed by atoms with Crippen LogP contribution in [0.2, 0.25) is 0 Å². The van der Waals surface area contributed by atoms with Gasteiger partial charge in [0.15, 0.2) is 11.6 Å². The highest BCUT2D eigenvalue weighted by atomic mass is 19.1. The maximum Gasteiger partial charge on any atom is 0.167 e. The molecule has 1 atom stereocenters. The molecule has 1 aromatic rings. The summed E-state index contributed by atoms with van der Waals surface area (Å²) in [7, 11) is 1.51. The van der Waals surface area contributed by atoms with Gasteiger partial charge in [0.05, 0.1) is 7.11 Å². The van der Waals surface area contributed by atoms with Crippen molar-refractivity contribution in [3.05, 3.63) is 29.1 Å². The van der Waals surface area contributed by atoms with E-state index in [0.717, 1.165) is 18.5 Å². The van der Waals surface area contributed by atoms with E-state index in [2.05, 4.69) is 5.32 Å². The first kappa shape index (κ1) is 11.4. The minimum Gasteiger partial charge on any atom is -0.494 e. The number of nitrogens with one attached hydrogen (secondary N) is 1. The minimum absolute atomic E-state index is 0.245. The Morgan fingerprint density at radius 2 is 2.31 bits per heavy atom. The summed E-state index contributed by atoms with van der Waals surface area (Å²) in [4.78, 5) is 0. The number of benzene rings is 1. The van der Waals surface area contributed by atoms with E-state index in [9.17, 15) is 4.39 Å². The minimum atomic E-state index is -0.245. The van der Waals surface area contributed by atoms with E-state index in [1.54, 1.807) is 6.92 Å². The summed E-state index contributed by atoms with van der Waals surface area (Å²) in [6.07, 6.45) is 3.40. The molecule has 0 amide bonds. The molecule has 1 aliphatic rings. The number of ether oxygens (including phenoxy) is 1. The summed E-state index contributed by atoms with van der Waals surface area (Å²) in [5.74, 6) is 0.110. The molecule has 1 aromatic carbocycles. The second-order valence-electron chi connectivity index (χ2n) is 4.43. The first-order valence-corrected chi connectivity index (χ1v) is 5.77. The van der Waals surface area contributed by atoms with E-state index in [-0.39, 0.29) is 5.82 Å². The van der Waals surface area contributed by atoms with Crippen LogP contribution in [0, 0.1) is 12.7 Å². The molecule has 1 aliphatic heterocycles. The van der Waals surface area contributed by atoms with E-state index in [1.165, 1.54) is 20.0 Å². The number of hydrogen-bond acceptors (Lipinski definition) is 2. The molecule has 3 heteroatoms. The lowest BCUT2D eigenvalue weighted by atomic mass is 10.0. The van der Waals surface area contributed by atoms with Crippen LogP contribution in [0.3, 0.4) is 0 Å². The molecule has 1 unspecified atom stereocenters. The van der Waals surface area contributed by atoms with Crippen LogP contribution in [-0.4, -0.2) is 19.7 Å². The molecule has 1 fully saturated rings. The SMILES string of the molecule is COc1cc(CC2CCCN2)cc(C)c1F. The quantitative estimate of drug-likeness (QED) is 0.849. The highest BCUT2D eigenvalue weighted by Crippen LogP contribution is 2.24. The summed E-state index contributed by atoms with van der Waals surface area (Å²) in [5.41, 5.74) is 1.81. The second kappa shape index (κ2) is 4.83. The topological polar surface area (TPSA) is 21.3 Å². The Kier molecular flexibility index (Phi) is 3.44. The third kappa shape index (κ3) is 2.35. The first-order valence-electron chi connectivity index (χ1n) is 5.77. The molecule has 0 aromatic heterocycles. The summed E-state index contributed by atoms with van der Waals surface area (Å²) in [5, 5.41) is 3.44. The van der Waals surface area contributed by atoms with Gasteiger partial charge in [0.1, 0.15) is 0 Å². The van der Waals surface area contributed by atoms with Crippen LogP contribution >= 0.6 is 0 Å². The lowest BCUT2D eigenvalue weighted by Crippen LogP contribution is -2.23. The highest BCUT2D eigenvalue weighted by Gasteiger charge is 2.16. The molecule has 0 bridgehead atoms. The van der Waals surface area contributed by atoms with Gasteiger partial charge >= 0.3 is 0 Å². The van der Waals surface area contributed by atoms with Gasteiger partial charge in [0.25, 0.3) is 0 Å². The normalized spacial score (nSPS) is 20.1. The van der Waals surface area contributed by atoms with E-state index < -0.39 is 0 Å². The van der Waals surface area contributed by atoms with E-state index in [4.69, 9.17) is 4.74 Å². The third-order valence-electron chi connectivity index (χ3n) is 3.15. The zero-order valence-electron chi connectivity index (χ0n) is 9.85. The van der Waals surface area contributed by atoms with Gasteiger partial charge in [-0.15, -0.1) is 0 Å². The molecule has 2 rings (SSSR count). The molecule has 16 heavy (non-hydrogen) atoms. The number of rotatable bonds is 3. The van der Waals surface area contributed by atoms with Crippen molar-refractivity contribution in [2.45, 2.75) is 32.2 Å². The fraction of sp³-hybridized carbons (Fsp3) is 0.538. The zero-order valence-corrected chi connectivity index (χ0v) is 9.85. The van der Waals surface area contributed by atoms with Gasteiger partial charge in [0.2, 0.25) is 0 Å². The fourth-order valence-corrected chi connectivity index (χ4v) is 2.29. The number of halogens is 1. The molecule has 1 saturated heterocycles. The Bertz CT molecular complexity index is 372. The van der Waals surface area contributed by atoms with Crippen LogP contribution in [0.4, 0.5) is 4.39 Å². The van der Waals surface area contributed by atoms with E-state index in [0.29, 0.717) is 17.4 Å². The van der Waals surface area contributed by atoms with E-state index in [1.807, 2.05) is 12.1 Å². The Morgan fingerprint density at radius 1 is 1.50 bits per heavy atom.